The van der Waals surface area contributed by atoms with Crippen molar-refractivity contribution in [1.29, 1.82) is 0 Å². The predicted octanol–water partition coefficient (Wildman–Crippen LogP) is 2.94. The molecule has 0 saturated heterocycles. The average Bonchev–Trinajstić information content (AvgIpc) is 2.38. The van der Waals surface area contributed by atoms with Crippen molar-refractivity contribution in [2.45, 2.75) is 32.4 Å². The minimum Gasteiger partial charge on any atom is -0.496 e. The van der Waals surface area contributed by atoms with E-state index in [1.54, 1.807) is 20.8 Å². The van der Waals surface area contributed by atoms with E-state index in [1.807, 2.05) is 0 Å². The second-order valence-electron chi connectivity index (χ2n) is 5.56. The maximum absolute atomic E-state index is 13.2. The smallest absolute Gasteiger partial charge is 0.410 e. The Hall–Kier alpha value is -2.11. The third kappa shape index (κ3) is 4.44. The van der Waals surface area contributed by atoms with E-state index < -0.39 is 23.6 Å². The number of methoxy groups -OCH3 is 1. The molecule has 6 heteroatoms. The largest absolute Gasteiger partial charge is 0.496 e. The first-order chi connectivity index (χ1) is 9.69. The minimum absolute atomic E-state index is 0.197. The number of benzene rings is 1. The lowest BCUT2D eigenvalue weighted by molar-refractivity contribution is -0.112. The Labute approximate surface area is 123 Å². The molecule has 0 heterocycles. The van der Waals surface area contributed by atoms with E-state index in [2.05, 4.69) is 0 Å². The van der Waals surface area contributed by atoms with Crippen LogP contribution in [0.4, 0.5) is 9.18 Å². The highest BCUT2D eigenvalue weighted by atomic mass is 19.1. The van der Waals surface area contributed by atoms with Gasteiger partial charge in [-0.05, 0) is 32.9 Å². The van der Waals surface area contributed by atoms with Crippen molar-refractivity contribution in [1.82, 2.24) is 4.90 Å². The van der Waals surface area contributed by atoms with E-state index in [0.29, 0.717) is 11.8 Å². The van der Waals surface area contributed by atoms with Crippen molar-refractivity contribution in [2.24, 2.45) is 0 Å². The van der Waals surface area contributed by atoms with Crippen LogP contribution < -0.4 is 4.74 Å². The first kappa shape index (κ1) is 16.9. The molecule has 5 nitrogen and oxygen atoms in total. The molecule has 0 fully saturated rings. The molecule has 21 heavy (non-hydrogen) atoms. The van der Waals surface area contributed by atoms with Crippen LogP contribution in [0.5, 0.6) is 5.75 Å². The van der Waals surface area contributed by atoms with Gasteiger partial charge in [-0.1, -0.05) is 0 Å². The molecule has 1 aromatic carbocycles. The summed E-state index contributed by atoms with van der Waals surface area (Å²) in [6, 6.07) is 2.86. The summed E-state index contributed by atoms with van der Waals surface area (Å²) < 4.78 is 23.5. The molecule has 0 bridgehead atoms. The molecular formula is C15H20FNO4. The highest BCUT2D eigenvalue weighted by Gasteiger charge is 2.28. The van der Waals surface area contributed by atoms with Crippen LogP contribution in [0.1, 0.15) is 32.4 Å². The molecular weight excluding hydrogens is 277 g/mol. The number of nitrogens with zero attached hydrogens (tertiary/aromatic N) is 1. The number of carbonyl (C=O) groups is 2. The first-order valence-electron chi connectivity index (χ1n) is 6.44. The van der Waals surface area contributed by atoms with Gasteiger partial charge in [-0.2, -0.15) is 0 Å². The number of likely N-dealkylation sites (N-methyl/N-ethyl adjacent to an activating group) is 1. The van der Waals surface area contributed by atoms with Crippen LogP contribution in [0, 0.1) is 5.82 Å². The number of hydrogen-bond donors (Lipinski definition) is 0. The lowest BCUT2D eigenvalue weighted by atomic mass is 10.1. The van der Waals surface area contributed by atoms with Crippen LogP contribution in [-0.2, 0) is 9.53 Å². The Morgan fingerprint density at radius 1 is 1.38 bits per heavy atom. The van der Waals surface area contributed by atoms with E-state index in [0.717, 1.165) is 11.0 Å². The van der Waals surface area contributed by atoms with Gasteiger partial charge in [-0.15, -0.1) is 0 Å². The highest BCUT2D eigenvalue weighted by Crippen LogP contribution is 2.29. The van der Waals surface area contributed by atoms with E-state index in [1.165, 1.54) is 26.3 Å². The van der Waals surface area contributed by atoms with Crippen LogP contribution in [0.15, 0.2) is 18.2 Å². The Morgan fingerprint density at radius 3 is 2.48 bits per heavy atom. The lowest BCUT2D eigenvalue weighted by Gasteiger charge is -2.28. The van der Waals surface area contributed by atoms with Gasteiger partial charge in [0.1, 0.15) is 29.5 Å². The van der Waals surface area contributed by atoms with Crippen molar-refractivity contribution in [3.05, 3.63) is 29.6 Å². The van der Waals surface area contributed by atoms with Crippen molar-refractivity contribution in [3.63, 3.8) is 0 Å². The average molecular weight is 297 g/mol. The number of aldehydes is 1. The molecule has 1 atom stereocenters. The monoisotopic (exact) mass is 297 g/mol. The first-order valence-corrected chi connectivity index (χ1v) is 6.44. The summed E-state index contributed by atoms with van der Waals surface area (Å²) >= 11 is 0. The fourth-order valence-electron chi connectivity index (χ4n) is 1.75. The maximum atomic E-state index is 13.2. The Morgan fingerprint density at radius 2 is 2.00 bits per heavy atom. The van der Waals surface area contributed by atoms with E-state index >= 15 is 0 Å². The lowest BCUT2D eigenvalue weighted by Crippen LogP contribution is -2.37. The van der Waals surface area contributed by atoms with Gasteiger partial charge in [-0.3, -0.25) is 4.90 Å². The molecule has 1 aromatic rings. The predicted molar refractivity (Wildman–Crippen MR) is 75.8 cm³/mol. The number of ether oxygens (including phenoxy) is 2. The Bertz CT molecular complexity index is 525. The molecule has 0 saturated carbocycles. The molecule has 0 aliphatic rings. The number of carbonyl (C=O) groups excluding carboxylic acids is 2. The standard InChI is InChI=1S/C15H20FNO4/c1-15(2,3)21-14(19)17(4)12(9-18)11-7-6-10(16)8-13(11)20-5/h6-9,12H,1-5H3. The molecule has 0 N–H and O–H groups in total. The fourth-order valence-corrected chi connectivity index (χ4v) is 1.75. The highest BCUT2D eigenvalue weighted by molar-refractivity contribution is 5.75. The van der Waals surface area contributed by atoms with E-state index in [9.17, 15) is 14.0 Å². The second kappa shape index (κ2) is 6.56. The minimum atomic E-state index is -0.921. The Balaban J connectivity index is 3.08. The molecule has 1 rings (SSSR count). The summed E-state index contributed by atoms with van der Waals surface area (Å²) in [5, 5.41) is 0. The van der Waals surface area contributed by atoms with Crippen LogP contribution in [0.25, 0.3) is 0 Å². The van der Waals surface area contributed by atoms with E-state index in [4.69, 9.17) is 9.47 Å². The van der Waals surface area contributed by atoms with Gasteiger partial charge in [0.2, 0.25) is 0 Å². The van der Waals surface area contributed by atoms with Gasteiger partial charge in [0.15, 0.2) is 0 Å². The van der Waals surface area contributed by atoms with Crippen LogP contribution in [-0.4, -0.2) is 37.0 Å². The zero-order chi connectivity index (χ0) is 16.2. The third-order valence-corrected chi connectivity index (χ3v) is 2.74. The summed E-state index contributed by atoms with van der Waals surface area (Å²) in [5.41, 5.74) is -0.284. The number of hydrogen-bond acceptors (Lipinski definition) is 4. The molecule has 0 spiro atoms. The summed E-state index contributed by atoms with van der Waals surface area (Å²) in [4.78, 5) is 24.5. The third-order valence-electron chi connectivity index (χ3n) is 2.74. The van der Waals surface area contributed by atoms with Crippen molar-refractivity contribution >= 4 is 12.4 Å². The van der Waals surface area contributed by atoms with E-state index in [-0.39, 0.29) is 5.75 Å². The molecule has 1 amide bonds. The maximum Gasteiger partial charge on any atom is 0.410 e. The molecule has 0 aliphatic heterocycles. The van der Waals surface area contributed by atoms with Gasteiger partial charge in [0.25, 0.3) is 0 Å². The van der Waals surface area contributed by atoms with Crippen LogP contribution >= 0.6 is 0 Å². The van der Waals surface area contributed by atoms with Crippen LogP contribution in [0.2, 0.25) is 0 Å². The summed E-state index contributed by atoms with van der Waals surface area (Å²) in [7, 11) is 2.81. The molecule has 0 aromatic heterocycles. The fraction of sp³-hybridized carbons (Fsp3) is 0.467. The normalized spacial score (nSPS) is 12.5. The Kier molecular flexibility index (Phi) is 5.29. The number of halogens is 1. The van der Waals surface area contributed by atoms with Gasteiger partial charge in [-0.25, -0.2) is 9.18 Å². The zero-order valence-corrected chi connectivity index (χ0v) is 12.8. The summed E-state index contributed by atoms with van der Waals surface area (Å²) in [6.07, 6.45) is -0.0642. The zero-order valence-electron chi connectivity index (χ0n) is 12.8. The molecule has 1 unspecified atom stereocenters. The molecule has 116 valence electrons. The van der Waals surface area contributed by atoms with Gasteiger partial charge in [0.05, 0.1) is 7.11 Å². The quantitative estimate of drug-likeness (QED) is 0.802. The van der Waals surface area contributed by atoms with Gasteiger partial charge in [0, 0.05) is 18.7 Å². The van der Waals surface area contributed by atoms with Gasteiger partial charge < -0.3 is 14.3 Å². The van der Waals surface area contributed by atoms with Crippen molar-refractivity contribution in [2.75, 3.05) is 14.2 Å². The topological polar surface area (TPSA) is 55.8 Å². The number of rotatable bonds is 4. The SMILES string of the molecule is COc1cc(F)ccc1C(C=O)N(C)C(=O)OC(C)(C)C. The van der Waals surface area contributed by atoms with Gasteiger partial charge >= 0.3 is 6.09 Å². The molecule has 0 aliphatic carbocycles. The summed E-state index contributed by atoms with van der Waals surface area (Å²) in [6.45, 7) is 5.19. The number of amides is 1. The van der Waals surface area contributed by atoms with Crippen molar-refractivity contribution in [3.8, 4) is 5.75 Å². The molecule has 0 radical (unpaired) electrons. The van der Waals surface area contributed by atoms with Crippen LogP contribution in [0.3, 0.4) is 0 Å². The second-order valence-corrected chi connectivity index (χ2v) is 5.56. The summed E-state index contributed by atoms with van der Waals surface area (Å²) in [5.74, 6) is -0.289. The van der Waals surface area contributed by atoms with Crippen molar-refractivity contribution < 1.29 is 23.5 Å².